The fourth-order valence-electron chi connectivity index (χ4n) is 3.52. The van der Waals surface area contributed by atoms with Crippen LogP contribution in [0.3, 0.4) is 0 Å². The second-order valence-electron chi connectivity index (χ2n) is 8.63. The van der Waals surface area contributed by atoms with Crippen LogP contribution in [0.5, 0.6) is 0 Å². The first kappa shape index (κ1) is 30.4. The fourth-order valence-corrected chi connectivity index (χ4v) is 3.52. The first-order chi connectivity index (χ1) is 18.5. The molecule has 2 aromatic rings. The Bertz CT molecular complexity index is 1160. The molecule has 39 heavy (non-hydrogen) atoms. The topological polar surface area (TPSA) is 254 Å². The van der Waals surface area contributed by atoms with Gasteiger partial charge < -0.3 is 42.0 Å². The Labute approximate surface area is 222 Å². The third-order valence-corrected chi connectivity index (χ3v) is 5.52. The summed E-state index contributed by atoms with van der Waals surface area (Å²) >= 11 is 0. The highest BCUT2D eigenvalue weighted by atomic mass is 16.4. The van der Waals surface area contributed by atoms with Crippen LogP contribution in [0.15, 0.2) is 42.9 Å². The highest BCUT2D eigenvalue weighted by Crippen LogP contribution is 2.08. The second kappa shape index (κ2) is 14.8. The maximum atomic E-state index is 13.2. The number of nitrogens with one attached hydrogen (secondary N) is 4. The molecule has 210 valence electrons. The lowest BCUT2D eigenvalue weighted by Gasteiger charge is -2.25. The maximum absolute atomic E-state index is 13.2. The van der Waals surface area contributed by atoms with Crippen molar-refractivity contribution in [2.75, 3.05) is 0 Å². The number of carbonyl (C=O) groups excluding carboxylic acids is 3. The number of nitrogens with zero attached hydrogens (tertiary/aromatic N) is 1. The molecule has 0 aliphatic heterocycles. The summed E-state index contributed by atoms with van der Waals surface area (Å²) in [7, 11) is 0. The number of amides is 3. The van der Waals surface area contributed by atoms with Crippen molar-refractivity contribution in [3.63, 3.8) is 0 Å². The van der Waals surface area contributed by atoms with Gasteiger partial charge in [0.15, 0.2) is 0 Å². The zero-order valence-corrected chi connectivity index (χ0v) is 20.7. The molecule has 0 saturated heterocycles. The molecular weight excluding hydrogens is 516 g/mol. The summed E-state index contributed by atoms with van der Waals surface area (Å²) in [5, 5.41) is 34.6. The molecule has 3 amide bonds. The van der Waals surface area contributed by atoms with Gasteiger partial charge in [-0.05, 0) is 12.0 Å². The molecule has 0 saturated carbocycles. The van der Waals surface area contributed by atoms with E-state index in [1.807, 2.05) is 0 Å². The smallest absolute Gasteiger partial charge is 0.326 e. The SMILES string of the molecule is NC(CC(=O)O)C(=O)NC(CCC(=O)O)C(=O)NC(Cc1ccccc1)C(=O)NC(Cc1cnc[nH]1)C(=O)O. The quantitative estimate of drug-likeness (QED) is 0.119. The summed E-state index contributed by atoms with van der Waals surface area (Å²) in [6.07, 6.45) is 0.916. The lowest BCUT2D eigenvalue weighted by Crippen LogP contribution is -2.58. The molecule has 9 N–H and O–H groups in total. The van der Waals surface area contributed by atoms with E-state index < -0.39 is 72.6 Å². The fraction of sp³-hybridized carbons (Fsp3) is 0.375. The molecule has 0 spiro atoms. The molecule has 15 heteroatoms. The Morgan fingerprint density at radius 1 is 0.821 bits per heavy atom. The number of imidazole rings is 1. The van der Waals surface area contributed by atoms with Gasteiger partial charge in [0.05, 0.1) is 18.8 Å². The van der Waals surface area contributed by atoms with Gasteiger partial charge in [0.2, 0.25) is 17.7 Å². The van der Waals surface area contributed by atoms with E-state index in [1.165, 1.54) is 12.5 Å². The molecule has 0 fully saturated rings. The maximum Gasteiger partial charge on any atom is 0.326 e. The van der Waals surface area contributed by atoms with Crippen LogP contribution in [0.2, 0.25) is 0 Å². The van der Waals surface area contributed by atoms with Crippen molar-refractivity contribution >= 4 is 35.6 Å². The molecule has 0 radical (unpaired) electrons. The number of nitrogens with two attached hydrogens (primary N) is 1. The van der Waals surface area contributed by atoms with Crippen LogP contribution >= 0.6 is 0 Å². The van der Waals surface area contributed by atoms with Gasteiger partial charge >= 0.3 is 17.9 Å². The van der Waals surface area contributed by atoms with Crippen molar-refractivity contribution < 1.29 is 44.1 Å². The Balaban J connectivity index is 2.24. The molecule has 0 aliphatic carbocycles. The first-order valence-electron chi connectivity index (χ1n) is 11.8. The Morgan fingerprint density at radius 2 is 1.44 bits per heavy atom. The van der Waals surface area contributed by atoms with Crippen molar-refractivity contribution in [1.82, 2.24) is 25.9 Å². The van der Waals surface area contributed by atoms with E-state index in [0.717, 1.165) is 0 Å². The summed E-state index contributed by atoms with van der Waals surface area (Å²) in [5.74, 6) is -6.74. The van der Waals surface area contributed by atoms with Gasteiger partial charge in [-0.2, -0.15) is 0 Å². The van der Waals surface area contributed by atoms with Gasteiger partial charge in [-0.25, -0.2) is 9.78 Å². The van der Waals surface area contributed by atoms with Gasteiger partial charge in [0.25, 0.3) is 0 Å². The number of aromatic amines is 1. The predicted octanol–water partition coefficient (Wildman–Crippen LogP) is -1.60. The lowest BCUT2D eigenvalue weighted by molar-refractivity contribution is -0.142. The number of rotatable bonds is 16. The van der Waals surface area contributed by atoms with Gasteiger partial charge in [-0.15, -0.1) is 0 Å². The van der Waals surface area contributed by atoms with Crippen LogP contribution in [0.4, 0.5) is 0 Å². The number of carboxylic acid groups (broad SMARTS) is 3. The number of hydrogen-bond acceptors (Lipinski definition) is 8. The summed E-state index contributed by atoms with van der Waals surface area (Å²) < 4.78 is 0. The molecule has 2 rings (SSSR count). The standard InChI is InChI=1S/C24H30N6O9/c25-15(10-20(33)34)21(35)28-16(6-7-19(31)32)22(36)29-17(8-13-4-2-1-3-5-13)23(37)30-18(24(38)39)9-14-11-26-12-27-14/h1-5,11-12,15-18H,6-10,25H2,(H,26,27)(H,28,35)(H,29,36)(H,30,37)(H,31,32)(H,33,34)(H,38,39). The van der Waals surface area contributed by atoms with Crippen LogP contribution < -0.4 is 21.7 Å². The summed E-state index contributed by atoms with van der Waals surface area (Å²) in [5.41, 5.74) is 6.61. The lowest BCUT2D eigenvalue weighted by atomic mass is 10.0. The zero-order chi connectivity index (χ0) is 28.9. The molecule has 4 unspecified atom stereocenters. The second-order valence-corrected chi connectivity index (χ2v) is 8.63. The van der Waals surface area contributed by atoms with E-state index >= 15 is 0 Å². The Kier molecular flexibility index (Phi) is 11.6. The third-order valence-electron chi connectivity index (χ3n) is 5.52. The van der Waals surface area contributed by atoms with Gasteiger partial charge in [-0.1, -0.05) is 30.3 Å². The summed E-state index contributed by atoms with van der Waals surface area (Å²) in [6, 6.07) is 2.82. The molecule has 0 aliphatic rings. The van der Waals surface area contributed by atoms with Crippen LogP contribution in [0, 0.1) is 0 Å². The monoisotopic (exact) mass is 546 g/mol. The molecule has 1 heterocycles. The molecule has 4 atom stereocenters. The number of aromatic nitrogens is 2. The Hall–Kier alpha value is -4.79. The van der Waals surface area contributed by atoms with E-state index in [9.17, 15) is 33.9 Å². The molecule has 1 aromatic carbocycles. The highest BCUT2D eigenvalue weighted by Gasteiger charge is 2.31. The van der Waals surface area contributed by atoms with Crippen LogP contribution in [0.25, 0.3) is 0 Å². The van der Waals surface area contributed by atoms with Crippen LogP contribution in [0.1, 0.15) is 30.5 Å². The number of aliphatic carboxylic acids is 3. The van der Waals surface area contributed by atoms with Crippen molar-refractivity contribution in [3.05, 3.63) is 54.1 Å². The molecule has 15 nitrogen and oxygen atoms in total. The van der Waals surface area contributed by atoms with E-state index in [4.69, 9.17) is 15.9 Å². The number of hydrogen-bond donors (Lipinski definition) is 8. The molecular formula is C24H30N6O9. The third kappa shape index (κ3) is 10.6. The van der Waals surface area contributed by atoms with Crippen LogP contribution in [-0.2, 0) is 41.6 Å². The molecule has 0 bridgehead atoms. The van der Waals surface area contributed by atoms with Gasteiger partial charge in [0, 0.05) is 31.2 Å². The predicted molar refractivity (Wildman–Crippen MR) is 133 cm³/mol. The normalized spacial score (nSPS) is 13.8. The van der Waals surface area contributed by atoms with Crippen molar-refractivity contribution in [3.8, 4) is 0 Å². The number of carboxylic acids is 3. The molecule has 1 aromatic heterocycles. The van der Waals surface area contributed by atoms with E-state index in [-0.39, 0.29) is 19.3 Å². The van der Waals surface area contributed by atoms with Crippen molar-refractivity contribution in [2.45, 2.75) is 56.3 Å². The summed E-state index contributed by atoms with van der Waals surface area (Å²) in [4.78, 5) is 79.0. The van der Waals surface area contributed by atoms with E-state index in [2.05, 4.69) is 25.9 Å². The first-order valence-corrected chi connectivity index (χ1v) is 11.8. The summed E-state index contributed by atoms with van der Waals surface area (Å²) in [6.45, 7) is 0. The number of benzene rings is 1. The number of H-pyrrole nitrogens is 1. The number of carbonyl (C=O) groups is 6. The minimum absolute atomic E-state index is 0.0626. The average Bonchev–Trinajstić information content (AvgIpc) is 3.38. The van der Waals surface area contributed by atoms with Gasteiger partial charge in [0.1, 0.15) is 18.1 Å². The Morgan fingerprint density at radius 3 is 2.00 bits per heavy atom. The minimum Gasteiger partial charge on any atom is -0.481 e. The van der Waals surface area contributed by atoms with E-state index in [0.29, 0.717) is 11.3 Å². The highest BCUT2D eigenvalue weighted by molar-refractivity contribution is 5.95. The van der Waals surface area contributed by atoms with Gasteiger partial charge in [-0.3, -0.25) is 24.0 Å². The minimum atomic E-state index is -1.51. The largest absolute Gasteiger partial charge is 0.481 e. The zero-order valence-electron chi connectivity index (χ0n) is 20.7. The van der Waals surface area contributed by atoms with Crippen LogP contribution in [-0.4, -0.2) is 85.1 Å². The van der Waals surface area contributed by atoms with Crippen molar-refractivity contribution in [1.29, 1.82) is 0 Å². The average molecular weight is 547 g/mol. The van der Waals surface area contributed by atoms with E-state index in [1.54, 1.807) is 30.3 Å². The van der Waals surface area contributed by atoms with Crippen molar-refractivity contribution in [2.24, 2.45) is 5.73 Å².